The van der Waals surface area contributed by atoms with E-state index in [-0.39, 0.29) is 21.5 Å². The van der Waals surface area contributed by atoms with Gasteiger partial charge in [0.05, 0.1) is 16.4 Å². The number of halogens is 4. The lowest BCUT2D eigenvalue weighted by Gasteiger charge is -2.07. The second-order valence-electron chi connectivity index (χ2n) is 4.59. The van der Waals surface area contributed by atoms with E-state index < -0.39 is 24.3 Å². The summed E-state index contributed by atoms with van der Waals surface area (Å²) >= 11 is 2.83. The Morgan fingerprint density at radius 2 is 2.17 bits per heavy atom. The maximum atomic E-state index is 12.8. The van der Waals surface area contributed by atoms with Gasteiger partial charge in [0.1, 0.15) is 24.0 Å². The Kier molecular flexibility index (Phi) is 4.46. The van der Waals surface area contributed by atoms with Gasteiger partial charge in [0.15, 0.2) is 5.69 Å². The van der Waals surface area contributed by atoms with Crippen molar-refractivity contribution in [2.75, 3.05) is 5.32 Å². The maximum Gasteiger partial charge on any atom is 0.436 e. The van der Waals surface area contributed by atoms with Gasteiger partial charge < -0.3 is 5.32 Å². The molecule has 0 aromatic carbocycles. The number of rotatable bonds is 3. The average molecular weight is 391 g/mol. The number of carbonyl (C=O) groups excluding carboxylic acids is 1. The van der Waals surface area contributed by atoms with Crippen molar-refractivity contribution >= 4 is 27.7 Å². The molecule has 2 aromatic rings. The highest BCUT2D eigenvalue weighted by Gasteiger charge is 2.38. The van der Waals surface area contributed by atoms with E-state index in [2.05, 4.69) is 31.4 Å². The third-order valence-electron chi connectivity index (χ3n) is 3.01. The highest BCUT2D eigenvalue weighted by molar-refractivity contribution is 9.10. The molecule has 2 aromatic heterocycles. The van der Waals surface area contributed by atoms with Gasteiger partial charge in [-0.1, -0.05) is 0 Å². The predicted octanol–water partition coefficient (Wildman–Crippen LogP) is 2.22. The molecule has 0 unspecified atom stereocenters. The second kappa shape index (κ2) is 6.04. The Morgan fingerprint density at radius 1 is 1.52 bits per heavy atom. The summed E-state index contributed by atoms with van der Waals surface area (Å²) in [6.07, 6.45) is -3.35. The van der Waals surface area contributed by atoms with Crippen molar-refractivity contribution < 1.29 is 18.0 Å². The lowest BCUT2D eigenvalue weighted by atomic mass is 10.3. The summed E-state index contributed by atoms with van der Waals surface area (Å²) in [4.78, 5) is 12.0. The number of aromatic nitrogens is 4. The fraction of sp³-hybridized carbons (Fsp3) is 0.333. The summed E-state index contributed by atoms with van der Waals surface area (Å²) in [6.45, 7) is 0.973. The first-order chi connectivity index (χ1) is 10.6. The summed E-state index contributed by atoms with van der Waals surface area (Å²) in [5, 5.41) is 18.6. The first kappa shape index (κ1) is 17.0. The van der Waals surface area contributed by atoms with Crippen LogP contribution in [-0.4, -0.2) is 25.5 Å². The zero-order valence-electron chi connectivity index (χ0n) is 11.9. The highest BCUT2D eigenvalue weighted by Crippen LogP contribution is 2.35. The third-order valence-corrected chi connectivity index (χ3v) is 3.96. The van der Waals surface area contributed by atoms with Crippen LogP contribution in [0, 0.1) is 18.3 Å². The van der Waals surface area contributed by atoms with Crippen LogP contribution in [-0.2, 0) is 24.6 Å². The molecular weight excluding hydrogens is 381 g/mol. The van der Waals surface area contributed by atoms with Crippen LogP contribution in [0.4, 0.5) is 19.0 Å². The van der Waals surface area contributed by atoms with E-state index in [1.807, 2.05) is 6.07 Å². The van der Waals surface area contributed by atoms with Gasteiger partial charge in [-0.3, -0.25) is 14.2 Å². The van der Waals surface area contributed by atoms with Crippen molar-refractivity contribution in [1.82, 2.24) is 19.6 Å². The van der Waals surface area contributed by atoms with E-state index in [1.165, 1.54) is 24.9 Å². The van der Waals surface area contributed by atoms with E-state index >= 15 is 0 Å². The average Bonchev–Trinajstić information content (AvgIpc) is 2.94. The number of amides is 1. The fourth-order valence-electron chi connectivity index (χ4n) is 1.83. The van der Waals surface area contributed by atoms with Gasteiger partial charge in [-0.05, 0) is 22.9 Å². The van der Waals surface area contributed by atoms with Gasteiger partial charge in [-0.15, -0.1) is 0 Å². The predicted molar refractivity (Wildman–Crippen MR) is 76.2 cm³/mol. The molecule has 7 nitrogen and oxygen atoms in total. The van der Waals surface area contributed by atoms with Crippen LogP contribution in [0.1, 0.15) is 17.0 Å². The van der Waals surface area contributed by atoms with Crippen molar-refractivity contribution in [3.63, 3.8) is 0 Å². The Bertz CT molecular complexity index is 801. The summed E-state index contributed by atoms with van der Waals surface area (Å²) < 4.78 is 40.4. The Labute approximate surface area is 136 Å². The van der Waals surface area contributed by atoms with E-state index in [4.69, 9.17) is 5.26 Å². The molecule has 11 heteroatoms. The monoisotopic (exact) mass is 390 g/mol. The number of hydrogen-bond acceptors (Lipinski definition) is 4. The minimum absolute atomic E-state index is 0.148. The van der Waals surface area contributed by atoms with Crippen molar-refractivity contribution in [1.29, 1.82) is 5.26 Å². The van der Waals surface area contributed by atoms with Crippen molar-refractivity contribution in [2.45, 2.75) is 19.6 Å². The smallest absolute Gasteiger partial charge is 0.308 e. The molecule has 0 atom stereocenters. The molecule has 0 saturated heterocycles. The minimum atomic E-state index is -4.62. The van der Waals surface area contributed by atoms with Gasteiger partial charge in [-0.25, -0.2) is 0 Å². The Hall–Kier alpha value is -2.35. The number of alkyl halides is 3. The topological polar surface area (TPSA) is 88.5 Å². The maximum absolute atomic E-state index is 12.8. The standard InChI is InChI=1S/C12H10BrF3N6O/c1-6-9(13)10(12(14,15)16)20-22(6)5-8(23)19-11-7(3-17)4-18-21(11)2/h4H,5H2,1-2H3,(H,19,23). The van der Waals surface area contributed by atoms with Crippen molar-refractivity contribution in [3.05, 3.63) is 27.6 Å². The van der Waals surface area contributed by atoms with Gasteiger partial charge >= 0.3 is 6.18 Å². The number of aryl methyl sites for hydroxylation is 1. The third kappa shape index (κ3) is 3.37. The molecule has 0 aliphatic rings. The molecule has 0 fully saturated rings. The summed E-state index contributed by atoms with van der Waals surface area (Å²) in [6, 6.07) is 1.85. The van der Waals surface area contributed by atoms with E-state index in [1.54, 1.807) is 0 Å². The van der Waals surface area contributed by atoms with Crippen LogP contribution in [0.5, 0.6) is 0 Å². The second-order valence-corrected chi connectivity index (χ2v) is 5.39. The first-order valence-corrected chi connectivity index (χ1v) is 6.96. The lowest BCUT2D eigenvalue weighted by molar-refractivity contribution is -0.142. The van der Waals surface area contributed by atoms with E-state index in [0.29, 0.717) is 0 Å². The number of nitrogens with zero attached hydrogens (tertiary/aromatic N) is 5. The van der Waals surface area contributed by atoms with Crippen LogP contribution >= 0.6 is 15.9 Å². The first-order valence-electron chi connectivity index (χ1n) is 6.17. The summed E-state index contributed by atoms with van der Waals surface area (Å²) in [7, 11) is 1.52. The lowest BCUT2D eigenvalue weighted by Crippen LogP contribution is -2.22. The van der Waals surface area contributed by atoms with Crippen LogP contribution in [0.25, 0.3) is 0 Å². The van der Waals surface area contributed by atoms with Crippen molar-refractivity contribution in [2.24, 2.45) is 7.05 Å². The Morgan fingerprint density at radius 3 is 2.70 bits per heavy atom. The van der Waals surface area contributed by atoms with Crippen LogP contribution < -0.4 is 5.32 Å². The van der Waals surface area contributed by atoms with Gasteiger partial charge in [0.25, 0.3) is 0 Å². The largest absolute Gasteiger partial charge is 0.436 e. The van der Waals surface area contributed by atoms with Gasteiger partial charge in [-0.2, -0.15) is 28.6 Å². The molecular formula is C12H10BrF3N6O. The fourth-order valence-corrected chi connectivity index (χ4v) is 2.34. The van der Waals surface area contributed by atoms with Crippen LogP contribution in [0.15, 0.2) is 10.7 Å². The summed E-state index contributed by atoms with van der Waals surface area (Å²) in [5.74, 6) is -0.464. The molecule has 0 saturated carbocycles. The molecule has 0 spiro atoms. The van der Waals surface area contributed by atoms with Crippen molar-refractivity contribution in [3.8, 4) is 6.07 Å². The van der Waals surface area contributed by atoms with E-state index in [0.717, 1.165) is 4.68 Å². The molecule has 2 rings (SSSR count). The zero-order chi connectivity index (χ0) is 17.4. The number of anilines is 1. The number of carbonyl (C=O) groups is 1. The SMILES string of the molecule is Cc1c(Br)c(C(F)(F)F)nn1CC(=O)Nc1c(C#N)cnn1C. The van der Waals surface area contributed by atoms with Gasteiger partial charge in [0.2, 0.25) is 5.91 Å². The molecule has 23 heavy (non-hydrogen) atoms. The minimum Gasteiger partial charge on any atom is -0.308 e. The Balaban J connectivity index is 2.22. The molecule has 2 heterocycles. The molecule has 0 bridgehead atoms. The molecule has 0 aliphatic heterocycles. The number of nitriles is 1. The zero-order valence-corrected chi connectivity index (χ0v) is 13.5. The highest BCUT2D eigenvalue weighted by atomic mass is 79.9. The molecule has 1 N–H and O–H groups in total. The number of hydrogen-bond donors (Lipinski definition) is 1. The molecule has 1 amide bonds. The molecule has 122 valence electrons. The quantitative estimate of drug-likeness (QED) is 0.869. The van der Waals surface area contributed by atoms with Gasteiger partial charge in [0, 0.05) is 7.05 Å². The number of nitrogens with one attached hydrogen (secondary N) is 1. The van der Waals surface area contributed by atoms with E-state index in [9.17, 15) is 18.0 Å². The molecule has 0 aliphatic carbocycles. The molecule has 0 radical (unpaired) electrons. The summed E-state index contributed by atoms with van der Waals surface area (Å²) in [5.41, 5.74) is -0.783. The van der Waals surface area contributed by atoms with Crippen LogP contribution in [0.3, 0.4) is 0 Å². The normalized spacial score (nSPS) is 11.3. The van der Waals surface area contributed by atoms with Crippen LogP contribution in [0.2, 0.25) is 0 Å².